The van der Waals surface area contributed by atoms with Gasteiger partial charge in [0.1, 0.15) is 18.6 Å². The summed E-state index contributed by atoms with van der Waals surface area (Å²) in [6.07, 6.45) is -0.960. The zero-order valence-electron chi connectivity index (χ0n) is 36.1. The highest BCUT2D eigenvalue weighted by atomic mass is 32.1. The Bertz CT molecular complexity index is 2390. The van der Waals surface area contributed by atoms with Gasteiger partial charge in [0.2, 0.25) is 5.91 Å². The number of anilines is 1. The zero-order chi connectivity index (χ0) is 43.8. The van der Waals surface area contributed by atoms with Crippen molar-refractivity contribution in [2.75, 3.05) is 51.8 Å². The van der Waals surface area contributed by atoms with E-state index in [9.17, 15) is 27.6 Å². The third-order valence-corrected chi connectivity index (χ3v) is 14.4. The molecule has 1 aromatic carbocycles. The van der Waals surface area contributed by atoms with Crippen LogP contribution in [0.15, 0.2) is 35.8 Å². The molecule has 62 heavy (non-hydrogen) atoms. The lowest BCUT2D eigenvalue weighted by molar-refractivity contribution is -0.171. The molecule has 6 aliphatic rings. The molecule has 8 bridgehead atoms. The number of alkyl halides is 3. The predicted octanol–water partition coefficient (Wildman–Crippen LogP) is 6.15. The average molecular weight is 877 g/mol. The second-order valence-electron chi connectivity index (χ2n) is 18.9. The van der Waals surface area contributed by atoms with Crippen molar-refractivity contribution in [3.63, 3.8) is 0 Å². The number of halogens is 3. The van der Waals surface area contributed by atoms with Gasteiger partial charge in [-0.25, -0.2) is 10.4 Å². The van der Waals surface area contributed by atoms with Gasteiger partial charge < -0.3 is 29.2 Å². The molecule has 13 nitrogen and oxygen atoms in total. The lowest BCUT2D eigenvalue weighted by Gasteiger charge is -2.53. The van der Waals surface area contributed by atoms with Crippen LogP contribution >= 0.6 is 11.3 Å². The maximum atomic E-state index is 14.9. The second-order valence-corrected chi connectivity index (χ2v) is 19.9. The van der Waals surface area contributed by atoms with Crippen LogP contribution in [0.2, 0.25) is 0 Å². The molecule has 3 aromatic heterocycles. The molecular formula is C45H55F3N8O5S. The summed E-state index contributed by atoms with van der Waals surface area (Å²) in [6.45, 7) is 9.60. The highest BCUT2D eigenvalue weighted by Gasteiger charge is 2.52. The molecule has 332 valence electrons. The number of hydrazine groups is 1. The van der Waals surface area contributed by atoms with Crippen molar-refractivity contribution in [1.29, 1.82) is 0 Å². The number of piperazine rings is 1. The molecule has 17 heteroatoms. The molecular weight excluding hydrogens is 822 g/mol. The van der Waals surface area contributed by atoms with Crippen LogP contribution in [0.25, 0.3) is 33.4 Å². The summed E-state index contributed by atoms with van der Waals surface area (Å²) in [4.78, 5) is 56.0. The van der Waals surface area contributed by atoms with Gasteiger partial charge in [0.25, 0.3) is 5.91 Å². The van der Waals surface area contributed by atoms with E-state index in [1.54, 1.807) is 25.4 Å². The minimum atomic E-state index is -4.57. The smallest absolute Gasteiger partial charge is 0.406 e. The molecule has 4 aliphatic heterocycles. The third-order valence-electron chi connectivity index (χ3n) is 13.6. The molecule has 2 N–H and O–H groups in total. The van der Waals surface area contributed by atoms with Crippen LogP contribution in [0.3, 0.4) is 0 Å². The molecule has 5 fully saturated rings. The number of thiazole rings is 1. The Morgan fingerprint density at radius 1 is 1.13 bits per heavy atom. The predicted molar refractivity (Wildman–Crippen MR) is 229 cm³/mol. The minimum Gasteiger partial charge on any atom is -0.464 e. The van der Waals surface area contributed by atoms with Crippen molar-refractivity contribution in [3.05, 3.63) is 52.1 Å². The van der Waals surface area contributed by atoms with Crippen LogP contribution in [-0.2, 0) is 43.2 Å². The number of esters is 1. The third kappa shape index (κ3) is 8.32. The lowest BCUT2D eigenvalue weighted by Crippen LogP contribution is -2.71. The van der Waals surface area contributed by atoms with Crippen LogP contribution in [0.4, 0.5) is 18.9 Å². The molecule has 4 aromatic rings. The highest BCUT2D eigenvalue weighted by Crippen LogP contribution is 2.45. The SMILES string of the molecule is CO[C@@H](C)c1ncc(N2CCN(C)CC2)cc1-c1c2c3cc(ccc3n1CC(F)(F)F)-c1csc(n1)C[C@H](NC(=O)C1C[C@@H]1C)C(=O)N1N[C@H](C(=O)OCC(C)(C)C2)C2CC1C2. The molecule has 3 saturated heterocycles. The fourth-order valence-electron chi connectivity index (χ4n) is 9.64. The van der Waals surface area contributed by atoms with E-state index in [4.69, 9.17) is 19.4 Å². The quantitative estimate of drug-likeness (QED) is 0.209. The summed E-state index contributed by atoms with van der Waals surface area (Å²) in [5.74, 6) is -0.966. The number of fused-ring (bicyclic) bond motifs is 4. The number of cyclic esters (lactones) is 1. The first-order valence-electron chi connectivity index (χ1n) is 21.7. The Hall–Kier alpha value is -4.58. The topological polar surface area (TPSA) is 134 Å². The zero-order valence-corrected chi connectivity index (χ0v) is 36.9. The summed E-state index contributed by atoms with van der Waals surface area (Å²) in [5.41, 5.74) is 7.02. The molecule has 5 atom stereocenters. The van der Waals surface area contributed by atoms with Gasteiger partial charge >= 0.3 is 12.1 Å². The normalized spacial score (nSPS) is 27.0. The molecule has 2 aliphatic carbocycles. The van der Waals surface area contributed by atoms with Gasteiger partial charge in [0, 0.05) is 84.5 Å². The molecule has 1 unspecified atom stereocenters. The number of amides is 2. The standard InChI is InChI=1S/C45H55F3N8O5S/c1-24-13-30(24)41(57)51-34-18-37-50-35(21-62-37)26-7-8-36-31(16-26)33(19-44(3,4)23-61-43(59)39-27-14-28(15-27)56(52-39)42(34)58)40(55(36)22-45(46,47)48)32-17-29(20-49-38(32)25(2)60-6)54-11-9-53(5)10-12-54/h7-8,16-17,20-21,24-25,27-28,30,34,39,52H,9-15,18-19,22-23H2,1-6H3,(H,51,57)/t24-,25-,27?,28?,30?,34-,39-/m0/s1. The second kappa shape index (κ2) is 16.2. The first kappa shape index (κ1) is 42.7. The Kier molecular flexibility index (Phi) is 11.2. The molecule has 2 saturated carbocycles. The van der Waals surface area contributed by atoms with Crippen LogP contribution in [-0.4, -0.2) is 113 Å². The van der Waals surface area contributed by atoms with Crippen LogP contribution in [0.5, 0.6) is 0 Å². The van der Waals surface area contributed by atoms with E-state index in [1.807, 2.05) is 45.2 Å². The van der Waals surface area contributed by atoms with Gasteiger partial charge in [-0.3, -0.25) is 24.4 Å². The van der Waals surface area contributed by atoms with Gasteiger partial charge in [0.05, 0.1) is 46.7 Å². The van der Waals surface area contributed by atoms with E-state index in [-0.39, 0.29) is 55.1 Å². The number of aromatic nitrogens is 3. The monoisotopic (exact) mass is 876 g/mol. The van der Waals surface area contributed by atoms with E-state index >= 15 is 0 Å². The summed E-state index contributed by atoms with van der Waals surface area (Å²) in [6, 6.07) is 5.53. The maximum absolute atomic E-state index is 14.9. The maximum Gasteiger partial charge on any atom is 0.406 e. The van der Waals surface area contributed by atoms with E-state index in [2.05, 4.69) is 27.6 Å². The number of hydrogen-bond acceptors (Lipinski definition) is 11. The van der Waals surface area contributed by atoms with Crippen molar-refractivity contribution < 1.29 is 37.0 Å². The Morgan fingerprint density at radius 2 is 1.87 bits per heavy atom. The van der Waals surface area contributed by atoms with Crippen molar-refractivity contribution in [1.82, 2.24) is 35.2 Å². The number of rotatable bonds is 7. The van der Waals surface area contributed by atoms with Crippen LogP contribution in [0.1, 0.15) is 69.3 Å². The number of nitrogens with zero attached hydrogens (tertiary/aromatic N) is 6. The van der Waals surface area contributed by atoms with Crippen LogP contribution in [0, 0.1) is 23.2 Å². The number of ether oxygens (including phenoxy) is 2. The number of hydrogen-bond donors (Lipinski definition) is 2. The molecule has 10 rings (SSSR count). The Labute approximate surface area is 363 Å². The first-order valence-corrected chi connectivity index (χ1v) is 22.5. The molecule has 7 heterocycles. The van der Waals surface area contributed by atoms with Gasteiger partial charge in [-0.05, 0) is 75.3 Å². The molecule has 2 amide bonds. The number of carbonyl (C=O) groups is 3. The highest BCUT2D eigenvalue weighted by molar-refractivity contribution is 7.10. The number of benzene rings is 1. The van der Waals surface area contributed by atoms with Crippen molar-refractivity contribution in [2.45, 2.75) is 96.7 Å². The van der Waals surface area contributed by atoms with E-state index < -0.39 is 42.3 Å². The summed E-state index contributed by atoms with van der Waals surface area (Å²) in [5, 5.41) is 7.65. The van der Waals surface area contributed by atoms with Crippen molar-refractivity contribution in [2.24, 2.45) is 23.2 Å². The van der Waals surface area contributed by atoms with E-state index in [0.29, 0.717) is 62.5 Å². The van der Waals surface area contributed by atoms with Crippen molar-refractivity contribution >= 4 is 45.7 Å². The number of methoxy groups -OCH3 is 1. The fraction of sp³-hybridized carbons (Fsp3) is 0.578. The van der Waals surface area contributed by atoms with Gasteiger partial charge in [0.15, 0.2) is 0 Å². The first-order chi connectivity index (χ1) is 29.5. The number of likely N-dealkylation sites (N-methyl/N-ethyl adjacent to an activating group) is 1. The summed E-state index contributed by atoms with van der Waals surface area (Å²) < 4.78 is 58.0. The van der Waals surface area contributed by atoms with Gasteiger partial charge in [-0.1, -0.05) is 26.8 Å². The summed E-state index contributed by atoms with van der Waals surface area (Å²) >= 11 is 1.36. The average Bonchev–Trinajstić information content (AvgIpc) is 3.66. The van der Waals surface area contributed by atoms with Gasteiger partial charge in [-0.2, -0.15) is 13.2 Å². The fourth-order valence-corrected chi connectivity index (χ4v) is 10.5. The van der Waals surface area contributed by atoms with Crippen LogP contribution < -0.4 is 15.6 Å². The van der Waals surface area contributed by atoms with E-state index in [1.165, 1.54) is 20.9 Å². The van der Waals surface area contributed by atoms with Gasteiger partial charge in [-0.15, -0.1) is 11.3 Å². The number of pyridine rings is 1. The Balaban J connectivity index is 1.21. The lowest BCUT2D eigenvalue weighted by atomic mass is 9.73. The van der Waals surface area contributed by atoms with E-state index in [0.717, 1.165) is 38.3 Å². The largest absolute Gasteiger partial charge is 0.464 e. The molecule has 0 spiro atoms. The number of nitrogens with one attached hydrogen (secondary N) is 2. The minimum absolute atomic E-state index is 0.0289. The number of carbonyl (C=O) groups excluding carboxylic acids is 3. The van der Waals surface area contributed by atoms with Crippen molar-refractivity contribution in [3.8, 4) is 22.5 Å². The molecule has 0 radical (unpaired) electrons. The Morgan fingerprint density at radius 3 is 2.56 bits per heavy atom. The summed E-state index contributed by atoms with van der Waals surface area (Å²) in [7, 11) is 3.63.